The molecule has 0 saturated heterocycles. The fraction of sp³-hybridized carbons (Fsp3) is 0.0667. The Morgan fingerprint density at radius 1 is 1.06 bits per heavy atom. The average molecular weight is 235 g/mol. The first-order chi connectivity index (χ1) is 8.77. The largest absolute Gasteiger partial charge is 0.212 e. The molecule has 0 aliphatic heterocycles. The number of para-hydroxylation sites is 2. The molecule has 0 N–H and O–H groups in total. The van der Waals surface area contributed by atoms with E-state index in [1.807, 2.05) is 60.1 Å². The maximum atomic E-state index is 4.23. The first-order valence-electron chi connectivity index (χ1n) is 5.83. The second-order valence-electron chi connectivity index (χ2n) is 4.29. The summed E-state index contributed by atoms with van der Waals surface area (Å²) < 4.78 is 1.86. The smallest absolute Gasteiger partial charge is 0.113 e. The third-order valence-corrected chi connectivity index (χ3v) is 2.94. The first kappa shape index (κ1) is 10.7. The number of benzene rings is 2. The van der Waals surface area contributed by atoms with Crippen molar-refractivity contribution in [3.8, 4) is 5.69 Å². The van der Waals surface area contributed by atoms with E-state index in [2.05, 4.69) is 16.9 Å². The van der Waals surface area contributed by atoms with Gasteiger partial charge in [-0.1, -0.05) is 42.1 Å². The summed E-state index contributed by atoms with van der Waals surface area (Å²) >= 11 is 0. The van der Waals surface area contributed by atoms with Crippen LogP contribution in [0.4, 0.5) is 0 Å². The lowest BCUT2D eigenvalue weighted by atomic mass is 10.1. The number of hydrogen-bond donors (Lipinski definition) is 0. The van der Waals surface area contributed by atoms with Crippen molar-refractivity contribution in [2.24, 2.45) is 0 Å². The van der Waals surface area contributed by atoms with E-state index in [0.717, 1.165) is 27.9 Å². The van der Waals surface area contributed by atoms with Gasteiger partial charge in [0.1, 0.15) is 5.52 Å². The van der Waals surface area contributed by atoms with Crippen molar-refractivity contribution in [2.45, 2.75) is 6.92 Å². The quantitative estimate of drug-likeness (QED) is 0.681. The van der Waals surface area contributed by atoms with Crippen LogP contribution in [0.2, 0.25) is 0 Å². The third-order valence-electron chi connectivity index (χ3n) is 2.94. The van der Waals surface area contributed by atoms with E-state index in [1.54, 1.807) is 0 Å². The lowest BCUT2D eigenvalue weighted by molar-refractivity contribution is 0.822. The Morgan fingerprint density at radius 2 is 1.78 bits per heavy atom. The molecule has 0 atom stereocenters. The lowest BCUT2D eigenvalue weighted by Crippen LogP contribution is -2.00. The van der Waals surface area contributed by atoms with Gasteiger partial charge in [-0.25, -0.2) is 4.68 Å². The summed E-state index contributed by atoms with van der Waals surface area (Å²) in [5.74, 6) is 0. The molecule has 0 bridgehead atoms. The Labute approximate surface area is 105 Å². The van der Waals surface area contributed by atoms with Gasteiger partial charge in [-0.05, 0) is 30.7 Å². The molecule has 88 valence electrons. The van der Waals surface area contributed by atoms with Crippen LogP contribution in [0.25, 0.3) is 22.3 Å². The topological polar surface area (TPSA) is 30.7 Å². The molecule has 0 spiro atoms. The van der Waals surface area contributed by atoms with Crippen molar-refractivity contribution >= 4 is 16.6 Å². The SMILES string of the molecule is C=C(C)c1ccccc1-n1nnc2ccccc21. The van der Waals surface area contributed by atoms with Gasteiger partial charge in [0.25, 0.3) is 0 Å². The molecule has 0 aliphatic rings. The van der Waals surface area contributed by atoms with E-state index in [4.69, 9.17) is 0 Å². The van der Waals surface area contributed by atoms with Gasteiger partial charge in [0.05, 0.1) is 11.2 Å². The minimum Gasteiger partial charge on any atom is -0.212 e. The highest BCUT2D eigenvalue weighted by molar-refractivity contribution is 5.78. The Balaban J connectivity index is 2.30. The van der Waals surface area contributed by atoms with Crippen LogP contribution in [0.15, 0.2) is 55.1 Å². The maximum Gasteiger partial charge on any atom is 0.113 e. The Morgan fingerprint density at radius 3 is 2.61 bits per heavy atom. The van der Waals surface area contributed by atoms with Crippen LogP contribution in [0.1, 0.15) is 12.5 Å². The molecular weight excluding hydrogens is 222 g/mol. The fourth-order valence-corrected chi connectivity index (χ4v) is 2.07. The summed E-state index contributed by atoms with van der Waals surface area (Å²) in [5, 5.41) is 8.41. The average Bonchev–Trinajstić information content (AvgIpc) is 2.82. The number of nitrogens with zero attached hydrogens (tertiary/aromatic N) is 3. The standard InChI is InChI=1S/C15H13N3/c1-11(2)12-7-3-5-9-14(12)18-15-10-6-4-8-13(15)16-17-18/h3-10H,1H2,2H3. The summed E-state index contributed by atoms with van der Waals surface area (Å²) in [5.41, 5.74) is 5.03. The van der Waals surface area contributed by atoms with Crippen molar-refractivity contribution in [3.63, 3.8) is 0 Å². The van der Waals surface area contributed by atoms with Gasteiger partial charge in [0.2, 0.25) is 0 Å². The van der Waals surface area contributed by atoms with Gasteiger partial charge < -0.3 is 0 Å². The normalized spacial score (nSPS) is 10.7. The number of rotatable bonds is 2. The summed E-state index contributed by atoms with van der Waals surface area (Å²) in [7, 11) is 0. The molecule has 3 nitrogen and oxygen atoms in total. The number of aromatic nitrogens is 3. The van der Waals surface area contributed by atoms with Crippen LogP contribution in [0, 0.1) is 0 Å². The lowest BCUT2D eigenvalue weighted by Gasteiger charge is -2.09. The highest BCUT2D eigenvalue weighted by Crippen LogP contribution is 2.23. The van der Waals surface area contributed by atoms with Gasteiger partial charge in [-0.15, -0.1) is 5.10 Å². The zero-order chi connectivity index (χ0) is 12.5. The maximum absolute atomic E-state index is 4.23. The molecule has 1 heterocycles. The van der Waals surface area contributed by atoms with Gasteiger partial charge in [-0.2, -0.15) is 0 Å². The van der Waals surface area contributed by atoms with Crippen molar-refractivity contribution in [1.82, 2.24) is 15.0 Å². The molecule has 0 amide bonds. The molecule has 0 unspecified atom stereocenters. The Hall–Kier alpha value is -2.42. The third kappa shape index (κ3) is 1.61. The van der Waals surface area contributed by atoms with Crippen molar-refractivity contribution in [2.75, 3.05) is 0 Å². The van der Waals surface area contributed by atoms with Gasteiger partial charge >= 0.3 is 0 Å². The minimum absolute atomic E-state index is 0.897. The van der Waals surface area contributed by atoms with Crippen LogP contribution in [0.5, 0.6) is 0 Å². The number of allylic oxidation sites excluding steroid dienone is 1. The summed E-state index contributed by atoms with van der Waals surface area (Å²) in [6.07, 6.45) is 0. The molecule has 3 heteroatoms. The first-order valence-corrected chi connectivity index (χ1v) is 5.83. The Kier molecular flexibility index (Phi) is 2.45. The molecule has 18 heavy (non-hydrogen) atoms. The Bertz CT molecular complexity index is 725. The van der Waals surface area contributed by atoms with E-state index in [9.17, 15) is 0 Å². The zero-order valence-corrected chi connectivity index (χ0v) is 10.2. The van der Waals surface area contributed by atoms with Gasteiger partial charge in [-0.3, -0.25) is 0 Å². The molecule has 2 aromatic carbocycles. The molecule has 3 rings (SSSR count). The molecule has 0 saturated carbocycles. The molecule has 3 aromatic rings. The van der Waals surface area contributed by atoms with Crippen LogP contribution in [-0.4, -0.2) is 15.0 Å². The zero-order valence-electron chi connectivity index (χ0n) is 10.2. The fourth-order valence-electron chi connectivity index (χ4n) is 2.07. The number of hydrogen-bond acceptors (Lipinski definition) is 2. The predicted molar refractivity (Wildman–Crippen MR) is 73.6 cm³/mol. The van der Waals surface area contributed by atoms with E-state index in [1.165, 1.54) is 0 Å². The minimum atomic E-state index is 0.897. The van der Waals surface area contributed by atoms with Crippen LogP contribution in [0.3, 0.4) is 0 Å². The number of fused-ring (bicyclic) bond motifs is 1. The molecule has 1 aromatic heterocycles. The van der Waals surface area contributed by atoms with E-state index in [-0.39, 0.29) is 0 Å². The monoisotopic (exact) mass is 235 g/mol. The van der Waals surface area contributed by atoms with Crippen LogP contribution < -0.4 is 0 Å². The van der Waals surface area contributed by atoms with Crippen molar-refractivity contribution < 1.29 is 0 Å². The summed E-state index contributed by atoms with van der Waals surface area (Å²) in [4.78, 5) is 0. The molecule has 0 radical (unpaired) electrons. The second-order valence-corrected chi connectivity index (χ2v) is 4.29. The molecular formula is C15H13N3. The van der Waals surface area contributed by atoms with Gasteiger partial charge in [0.15, 0.2) is 0 Å². The molecule has 0 fully saturated rings. The van der Waals surface area contributed by atoms with E-state index in [0.29, 0.717) is 0 Å². The van der Waals surface area contributed by atoms with Gasteiger partial charge in [0, 0.05) is 5.56 Å². The van der Waals surface area contributed by atoms with Crippen molar-refractivity contribution in [3.05, 3.63) is 60.7 Å². The molecule has 0 aliphatic carbocycles. The van der Waals surface area contributed by atoms with Crippen LogP contribution >= 0.6 is 0 Å². The van der Waals surface area contributed by atoms with E-state index < -0.39 is 0 Å². The van der Waals surface area contributed by atoms with Crippen molar-refractivity contribution in [1.29, 1.82) is 0 Å². The van der Waals surface area contributed by atoms with Crippen LogP contribution in [-0.2, 0) is 0 Å². The predicted octanol–water partition coefficient (Wildman–Crippen LogP) is 3.45. The highest BCUT2D eigenvalue weighted by atomic mass is 15.4. The highest BCUT2D eigenvalue weighted by Gasteiger charge is 2.09. The second kappa shape index (κ2) is 4.11. The summed E-state index contributed by atoms with van der Waals surface area (Å²) in [6.45, 7) is 6.01. The summed E-state index contributed by atoms with van der Waals surface area (Å²) in [6, 6.07) is 16.0. The van der Waals surface area contributed by atoms with E-state index >= 15 is 0 Å².